The van der Waals surface area contributed by atoms with Crippen molar-refractivity contribution in [3.05, 3.63) is 0 Å². The van der Waals surface area contributed by atoms with Crippen LogP contribution in [0, 0.1) is 0 Å². The first-order valence-electron chi connectivity index (χ1n) is 5.48. The zero-order valence-corrected chi connectivity index (χ0v) is 9.31. The van der Waals surface area contributed by atoms with Gasteiger partial charge in [0.15, 0.2) is 0 Å². The molecule has 1 amide bonds. The van der Waals surface area contributed by atoms with Crippen molar-refractivity contribution in [3.63, 3.8) is 0 Å². The fraction of sp³-hybridized carbons (Fsp3) is 0.900. The van der Waals surface area contributed by atoms with E-state index in [-0.39, 0.29) is 0 Å². The van der Waals surface area contributed by atoms with Gasteiger partial charge in [0.2, 0.25) is 5.91 Å². The molecule has 0 aromatic carbocycles. The lowest BCUT2D eigenvalue weighted by Crippen LogP contribution is -2.51. The quantitative estimate of drug-likeness (QED) is 0.708. The van der Waals surface area contributed by atoms with E-state index in [0.717, 1.165) is 37.4 Å². The highest BCUT2D eigenvalue weighted by Gasteiger charge is 2.25. The molecule has 2 saturated heterocycles. The number of hydrogen-bond acceptors (Lipinski definition) is 3. The monoisotopic (exact) mass is 214 g/mol. The molecule has 2 heterocycles. The first-order valence-corrected chi connectivity index (χ1v) is 6.64. The highest BCUT2D eigenvalue weighted by molar-refractivity contribution is 7.99. The average Bonchev–Trinajstić information content (AvgIpc) is 2.44. The van der Waals surface area contributed by atoms with Crippen LogP contribution in [0.2, 0.25) is 0 Å². The van der Waals surface area contributed by atoms with Crippen molar-refractivity contribution >= 4 is 17.7 Å². The van der Waals surface area contributed by atoms with Crippen LogP contribution in [0.3, 0.4) is 0 Å². The molecule has 1 atom stereocenters. The standard InChI is InChI=1S/C10H18N2OS/c13-10-4-7-14-8-6-12(10)9-3-1-2-5-11-9/h9,11H,1-8H2. The summed E-state index contributed by atoms with van der Waals surface area (Å²) in [6, 6.07) is 0. The number of nitrogens with one attached hydrogen (secondary N) is 1. The maximum absolute atomic E-state index is 11.8. The third kappa shape index (κ3) is 2.42. The highest BCUT2D eigenvalue weighted by Crippen LogP contribution is 2.17. The number of carbonyl (C=O) groups is 1. The van der Waals surface area contributed by atoms with Gasteiger partial charge in [-0.2, -0.15) is 11.8 Å². The molecule has 2 aliphatic rings. The Morgan fingerprint density at radius 2 is 2.29 bits per heavy atom. The van der Waals surface area contributed by atoms with Crippen molar-refractivity contribution in [1.82, 2.24) is 10.2 Å². The van der Waals surface area contributed by atoms with E-state index in [0.29, 0.717) is 12.1 Å². The summed E-state index contributed by atoms with van der Waals surface area (Å²) in [7, 11) is 0. The Morgan fingerprint density at radius 3 is 3.07 bits per heavy atom. The van der Waals surface area contributed by atoms with Gasteiger partial charge < -0.3 is 4.90 Å². The summed E-state index contributed by atoms with van der Waals surface area (Å²) in [6.45, 7) is 2.00. The smallest absolute Gasteiger partial charge is 0.224 e. The summed E-state index contributed by atoms with van der Waals surface area (Å²) in [5.41, 5.74) is 0. The molecular weight excluding hydrogens is 196 g/mol. The van der Waals surface area contributed by atoms with Crippen molar-refractivity contribution in [3.8, 4) is 0 Å². The van der Waals surface area contributed by atoms with E-state index in [9.17, 15) is 4.79 Å². The van der Waals surface area contributed by atoms with Gasteiger partial charge in [-0.05, 0) is 25.8 Å². The largest absolute Gasteiger partial charge is 0.326 e. The Bertz CT molecular complexity index is 204. The second-order valence-corrected chi connectivity index (χ2v) is 5.14. The molecule has 0 spiro atoms. The lowest BCUT2D eigenvalue weighted by Gasteiger charge is -2.34. The van der Waals surface area contributed by atoms with E-state index in [1.54, 1.807) is 0 Å². The number of rotatable bonds is 1. The van der Waals surface area contributed by atoms with Gasteiger partial charge in [-0.3, -0.25) is 10.1 Å². The van der Waals surface area contributed by atoms with E-state index in [1.165, 1.54) is 12.8 Å². The van der Waals surface area contributed by atoms with Crippen molar-refractivity contribution in [2.75, 3.05) is 24.6 Å². The van der Waals surface area contributed by atoms with Crippen LogP contribution < -0.4 is 5.32 Å². The molecule has 0 aliphatic carbocycles. The molecule has 0 aromatic rings. The van der Waals surface area contributed by atoms with Gasteiger partial charge in [0.1, 0.15) is 0 Å². The van der Waals surface area contributed by atoms with Crippen molar-refractivity contribution < 1.29 is 4.79 Å². The van der Waals surface area contributed by atoms with Gasteiger partial charge in [0.25, 0.3) is 0 Å². The molecule has 4 heteroatoms. The second-order valence-electron chi connectivity index (χ2n) is 3.92. The zero-order chi connectivity index (χ0) is 9.80. The summed E-state index contributed by atoms with van der Waals surface area (Å²) in [5, 5.41) is 3.44. The first kappa shape index (κ1) is 10.3. The molecule has 0 saturated carbocycles. The lowest BCUT2D eigenvalue weighted by molar-refractivity contribution is -0.133. The third-order valence-corrected chi connectivity index (χ3v) is 3.88. The predicted octanol–water partition coefficient (Wildman–Crippen LogP) is 1.05. The average molecular weight is 214 g/mol. The Kier molecular flexibility index (Phi) is 3.70. The molecule has 0 radical (unpaired) electrons. The molecule has 2 aliphatic heterocycles. The summed E-state index contributed by atoms with van der Waals surface area (Å²) in [4.78, 5) is 13.8. The molecule has 80 valence electrons. The van der Waals surface area contributed by atoms with Crippen LogP contribution in [0.15, 0.2) is 0 Å². The van der Waals surface area contributed by atoms with Crippen LogP contribution >= 0.6 is 11.8 Å². The van der Waals surface area contributed by atoms with Gasteiger partial charge in [-0.15, -0.1) is 0 Å². The summed E-state index contributed by atoms with van der Waals surface area (Å²) in [5.74, 6) is 2.45. The number of amides is 1. The van der Waals surface area contributed by atoms with Gasteiger partial charge in [-0.1, -0.05) is 0 Å². The van der Waals surface area contributed by atoms with E-state index in [2.05, 4.69) is 10.2 Å². The Labute approximate surface area is 89.6 Å². The van der Waals surface area contributed by atoms with E-state index in [4.69, 9.17) is 0 Å². The molecule has 0 aromatic heterocycles. The number of hydrogen-bond donors (Lipinski definition) is 1. The first-order chi connectivity index (χ1) is 6.88. The van der Waals surface area contributed by atoms with Gasteiger partial charge in [-0.25, -0.2) is 0 Å². The molecule has 0 bridgehead atoms. The molecule has 14 heavy (non-hydrogen) atoms. The summed E-state index contributed by atoms with van der Waals surface area (Å²) >= 11 is 1.90. The van der Waals surface area contributed by atoms with Crippen LogP contribution in [0.1, 0.15) is 25.7 Å². The Morgan fingerprint density at radius 1 is 1.36 bits per heavy atom. The van der Waals surface area contributed by atoms with Crippen LogP contribution in [0.5, 0.6) is 0 Å². The lowest BCUT2D eigenvalue weighted by atomic mass is 10.1. The Hall–Kier alpha value is -0.220. The van der Waals surface area contributed by atoms with Crippen LogP contribution in [-0.4, -0.2) is 41.6 Å². The SMILES string of the molecule is O=C1CCSCCN1C1CCCCN1. The van der Waals surface area contributed by atoms with Crippen molar-refractivity contribution in [1.29, 1.82) is 0 Å². The molecule has 1 unspecified atom stereocenters. The van der Waals surface area contributed by atoms with Gasteiger partial charge in [0.05, 0.1) is 6.17 Å². The van der Waals surface area contributed by atoms with E-state index < -0.39 is 0 Å². The number of nitrogens with zero attached hydrogens (tertiary/aromatic N) is 1. The fourth-order valence-electron chi connectivity index (χ4n) is 2.12. The number of carbonyl (C=O) groups excluding carboxylic acids is 1. The minimum atomic E-state index is 0.329. The topological polar surface area (TPSA) is 32.3 Å². The van der Waals surface area contributed by atoms with Crippen molar-refractivity contribution in [2.45, 2.75) is 31.8 Å². The summed E-state index contributed by atoms with van der Waals surface area (Å²) < 4.78 is 0. The molecule has 3 nitrogen and oxygen atoms in total. The normalized spacial score (nSPS) is 30.1. The van der Waals surface area contributed by atoms with Crippen LogP contribution in [0.25, 0.3) is 0 Å². The minimum Gasteiger partial charge on any atom is -0.326 e. The molecule has 2 rings (SSSR count). The van der Waals surface area contributed by atoms with Crippen molar-refractivity contribution in [2.24, 2.45) is 0 Å². The van der Waals surface area contributed by atoms with E-state index >= 15 is 0 Å². The maximum Gasteiger partial charge on any atom is 0.224 e. The zero-order valence-electron chi connectivity index (χ0n) is 8.50. The highest BCUT2D eigenvalue weighted by atomic mass is 32.2. The maximum atomic E-state index is 11.8. The number of piperidine rings is 1. The molecule has 2 fully saturated rings. The predicted molar refractivity (Wildman–Crippen MR) is 59.3 cm³/mol. The third-order valence-electron chi connectivity index (χ3n) is 2.92. The van der Waals surface area contributed by atoms with Crippen LogP contribution in [-0.2, 0) is 4.79 Å². The van der Waals surface area contributed by atoms with Crippen LogP contribution in [0.4, 0.5) is 0 Å². The Balaban J connectivity index is 1.95. The number of thioether (sulfide) groups is 1. The van der Waals surface area contributed by atoms with E-state index in [1.807, 2.05) is 11.8 Å². The second kappa shape index (κ2) is 5.03. The van der Waals surface area contributed by atoms with Gasteiger partial charge in [0, 0.05) is 24.5 Å². The fourth-order valence-corrected chi connectivity index (χ4v) is 2.97. The van der Waals surface area contributed by atoms with Gasteiger partial charge >= 0.3 is 0 Å². The molecular formula is C10H18N2OS. The molecule has 1 N–H and O–H groups in total. The summed E-state index contributed by atoms with van der Waals surface area (Å²) in [6.07, 6.45) is 4.70. The minimum absolute atomic E-state index is 0.329.